The molecule has 90 valence electrons. The smallest absolute Gasteiger partial charge is 0.231 e. The van der Waals surface area contributed by atoms with Crippen LogP contribution in [0.1, 0.15) is 22.8 Å². The van der Waals surface area contributed by atoms with Crippen molar-refractivity contribution in [2.24, 2.45) is 0 Å². The van der Waals surface area contributed by atoms with Crippen molar-refractivity contribution in [2.45, 2.75) is 19.8 Å². The molecular formula is C13H17N3O. The van der Waals surface area contributed by atoms with Gasteiger partial charge in [-0.05, 0) is 19.5 Å². The lowest BCUT2D eigenvalue weighted by atomic mass is 10.1. The fourth-order valence-electron chi connectivity index (χ4n) is 1.70. The van der Waals surface area contributed by atoms with Gasteiger partial charge in [0.15, 0.2) is 5.82 Å². The number of rotatable bonds is 5. The Labute approximate surface area is 101 Å². The molecule has 0 radical (unpaired) electrons. The van der Waals surface area contributed by atoms with Crippen LogP contribution < -0.4 is 5.32 Å². The summed E-state index contributed by atoms with van der Waals surface area (Å²) in [5.74, 6) is 1.45. The van der Waals surface area contributed by atoms with Crippen LogP contribution in [-0.2, 0) is 12.8 Å². The average molecular weight is 231 g/mol. The van der Waals surface area contributed by atoms with Gasteiger partial charge >= 0.3 is 0 Å². The molecule has 0 fully saturated rings. The molecular weight excluding hydrogens is 214 g/mol. The largest absolute Gasteiger partial charge is 0.339 e. The lowest BCUT2D eigenvalue weighted by molar-refractivity contribution is 0.379. The summed E-state index contributed by atoms with van der Waals surface area (Å²) in [6, 6.07) is 8.33. The Morgan fingerprint density at radius 3 is 3.00 bits per heavy atom. The molecule has 1 N–H and O–H groups in total. The SMILES string of the molecule is CNCCc1noc(Cc2cccc(C)c2)n1. The van der Waals surface area contributed by atoms with Crippen LogP contribution in [0.3, 0.4) is 0 Å². The molecule has 17 heavy (non-hydrogen) atoms. The lowest BCUT2D eigenvalue weighted by Crippen LogP contribution is -2.11. The van der Waals surface area contributed by atoms with E-state index in [9.17, 15) is 0 Å². The van der Waals surface area contributed by atoms with E-state index in [2.05, 4.69) is 40.6 Å². The molecule has 0 aliphatic rings. The van der Waals surface area contributed by atoms with Crippen molar-refractivity contribution in [3.8, 4) is 0 Å². The summed E-state index contributed by atoms with van der Waals surface area (Å²) in [5.41, 5.74) is 2.45. The van der Waals surface area contributed by atoms with Gasteiger partial charge in [0.2, 0.25) is 5.89 Å². The van der Waals surface area contributed by atoms with Gasteiger partial charge in [0.25, 0.3) is 0 Å². The molecule has 0 bridgehead atoms. The zero-order chi connectivity index (χ0) is 12.1. The maximum absolute atomic E-state index is 5.22. The standard InChI is InChI=1S/C13H17N3O/c1-10-4-3-5-11(8-10)9-13-15-12(16-17-13)6-7-14-2/h3-5,8,14H,6-7,9H2,1-2H3. The zero-order valence-corrected chi connectivity index (χ0v) is 10.2. The Bertz CT molecular complexity index is 479. The Kier molecular flexibility index (Phi) is 3.88. The summed E-state index contributed by atoms with van der Waals surface area (Å²) in [5, 5.41) is 7.01. The highest BCUT2D eigenvalue weighted by molar-refractivity contribution is 5.24. The number of aromatic nitrogens is 2. The molecule has 0 aliphatic carbocycles. The molecule has 0 atom stereocenters. The summed E-state index contributed by atoms with van der Waals surface area (Å²) < 4.78 is 5.22. The molecule has 0 aliphatic heterocycles. The van der Waals surface area contributed by atoms with Crippen LogP contribution in [-0.4, -0.2) is 23.7 Å². The van der Waals surface area contributed by atoms with E-state index >= 15 is 0 Å². The van der Waals surface area contributed by atoms with Crippen LogP contribution in [0.15, 0.2) is 28.8 Å². The van der Waals surface area contributed by atoms with E-state index in [0.29, 0.717) is 12.3 Å². The minimum absolute atomic E-state index is 0.682. The van der Waals surface area contributed by atoms with Crippen molar-refractivity contribution in [3.63, 3.8) is 0 Å². The first-order valence-corrected chi connectivity index (χ1v) is 5.79. The fourth-order valence-corrected chi connectivity index (χ4v) is 1.70. The van der Waals surface area contributed by atoms with Crippen LogP contribution in [0.25, 0.3) is 0 Å². The van der Waals surface area contributed by atoms with Crippen LogP contribution in [0, 0.1) is 6.92 Å². The summed E-state index contributed by atoms with van der Waals surface area (Å²) in [7, 11) is 1.91. The minimum Gasteiger partial charge on any atom is -0.339 e. The number of nitrogens with zero attached hydrogens (tertiary/aromatic N) is 2. The normalized spacial score (nSPS) is 10.7. The Balaban J connectivity index is 2.01. The fraction of sp³-hybridized carbons (Fsp3) is 0.385. The summed E-state index contributed by atoms with van der Waals surface area (Å²) in [4.78, 5) is 4.35. The molecule has 0 unspecified atom stereocenters. The van der Waals surface area contributed by atoms with Crippen molar-refractivity contribution in [2.75, 3.05) is 13.6 Å². The molecule has 1 aromatic carbocycles. The number of benzene rings is 1. The monoisotopic (exact) mass is 231 g/mol. The van der Waals surface area contributed by atoms with E-state index < -0.39 is 0 Å². The van der Waals surface area contributed by atoms with E-state index in [1.807, 2.05) is 13.1 Å². The first-order chi connectivity index (χ1) is 8.28. The molecule has 1 heterocycles. The summed E-state index contributed by atoms with van der Waals surface area (Å²) >= 11 is 0. The highest BCUT2D eigenvalue weighted by atomic mass is 16.5. The third-order valence-corrected chi connectivity index (χ3v) is 2.55. The first-order valence-electron chi connectivity index (χ1n) is 5.79. The molecule has 0 saturated carbocycles. The molecule has 0 saturated heterocycles. The Morgan fingerprint density at radius 2 is 2.24 bits per heavy atom. The molecule has 2 rings (SSSR count). The van der Waals surface area contributed by atoms with Crippen molar-refractivity contribution in [3.05, 3.63) is 47.1 Å². The molecule has 4 nitrogen and oxygen atoms in total. The Hall–Kier alpha value is -1.68. The van der Waals surface area contributed by atoms with Crippen LogP contribution >= 0.6 is 0 Å². The quantitative estimate of drug-likeness (QED) is 0.851. The zero-order valence-electron chi connectivity index (χ0n) is 10.2. The highest BCUT2D eigenvalue weighted by Crippen LogP contribution is 2.09. The number of nitrogens with one attached hydrogen (secondary N) is 1. The van der Waals surface area contributed by atoms with E-state index in [-0.39, 0.29) is 0 Å². The van der Waals surface area contributed by atoms with Crippen molar-refractivity contribution in [1.82, 2.24) is 15.5 Å². The number of hydrogen-bond acceptors (Lipinski definition) is 4. The molecule has 0 amide bonds. The third-order valence-electron chi connectivity index (χ3n) is 2.55. The van der Waals surface area contributed by atoms with Gasteiger partial charge in [0.1, 0.15) is 0 Å². The first kappa shape index (κ1) is 11.8. The van der Waals surface area contributed by atoms with Crippen LogP contribution in [0.5, 0.6) is 0 Å². The van der Waals surface area contributed by atoms with Gasteiger partial charge in [-0.1, -0.05) is 35.0 Å². The Morgan fingerprint density at radius 1 is 1.35 bits per heavy atom. The highest BCUT2D eigenvalue weighted by Gasteiger charge is 2.06. The van der Waals surface area contributed by atoms with Crippen LogP contribution in [0.4, 0.5) is 0 Å². The second-order valence-corrected chi connectivity index (χ2v) is 4.12. The van der Waals surface area contributed by atoms with Crippen molar-refractivity contribution >= 4 is 0 Å². The summed E-state index contributed by atoms with van der Waals surface area (Å²) in [6.07, 6.45) is 1.50. The van der Waals surface area contributed by atoms with E-state index in [1.165, 1.54) is 11.1 Å². The molecule has 2 aromatic rings. The molecule has 4 heteroatoms. The van der Waals surface area contributed by atoms with E-state index in [1.54, 1.807) is 0 Å². The number of hydrogen-bond donors (Lipinski definition) is 1. The minimum atomic E-state index is 0.682. The second kappa shape index (κ2) is 5.59. The van der Waals surface area contributed by atoms with Gasteiger partial charge in [-0.2, -0.15) is 4.98 Å². The van der Waals surface area contributed by atoms with Gasteiger partial charge in [0, 0.05) is 13.0 Å². The number of aryl methyl sites for hydroxylation is 1. The van der Waals surface area contributed by atoms with E-state index in [4.69, 9.17) is 4.52 Å². The van der Waals surface area contributed by atoms with Gasteiger partial charge in [-0.3, -0.25) is 0 Å². The maximum Gasteiger partial charge on any atom is 0.231 e. The van der Waals surface area contributed by atoms with Gasteiger partial charge in [-0.15, -0.1) is 0 Å². The predicted molar refractivity (Wildman–Crippen MR) is 65.9 cm³/mol. The third kappa shape index (κ3) is 3.39. The maximum atomic E-state index is 5.22. The van der Waals surface area contributed by atoms with Gasteiger partial charge in [-0.25, -0.2) is 0 Å². The van der Waals surface area contributed by atoms with Crippen molar-refractivity contribution in [1.29, 1.82) is 0 Å². The second-order valence-electron chi connectivity index (χ2n) is 4.12. The van der Waals surface area contributed by atoms with E-state index in [0.717, 1.165) is 18.8 Å². The van der Waals surface area contributed by atoms with Gasteiger partial charge < -0.3 is 9.84 Å². The lowest BCUT2D eigenvalue weighted by Gasteiger charge is -1.97. The van der Waals surface area contributed by atoms with Gasteiger partial charge in [0.05, 0.1) is 6.42 Å². The predicted octanol–water partition coefficient (Wildman–Crippen LogP) is 1.73. The molecule has 1 aromatic heterocycles. The van der Waals surface area contributed by atoms with Crippen molar-refractivity contribution < 1.29 is 4.52 Å². The molecule has 0 spiro atoms. The number of likely N-dealkylation sites (N-methyl/N-ethyl adjacent to an activating group) is 1. The average Bonchev–Trinajstić information content (AvgIpc) is 2.74. The van der Waals surface area contributed by atoms with Crippen LogP contribution in [0.2, 0.25) is 0 Å². The summed E-state index contributed by atoms with van der Waals surface area (Å²) in [6.45, 7) is 2.94. The topological polar surface area (TPSA) is 51.0 Å².